The Morgan fingerprint density at radius 2 is 1.94 bits per heavy atom. The molecule has 2 nitrogen and oxygen atoms in total. The van der Waals surface area contributed by atoms with Crippen molar-refractivity contribution in [1.82, 2.24) is 0 Å². The fourth-order valence-corrected chi connectivity index (χ4v) is 1.82. The highest BCUT2D eigenvalue weighted by atomic mass is 79.9. The van der Waals surface area contributed by atoms with Crippen molar-refractivity contribution in [3.8, 4) is 5.75 Å². The molecule has 0 fully saturated rings. The van der Waals surface area contributed by atoms with Gasteiger partial charge in [-0.2, -0.15) is 13.2 Å². The second-order valence-electron chi connectivity index (χ2n) is 3.40. The van der Waals surface area contributed by atoms with Gasteiger partial charge in [0.25, 0.3) is 0 Å². The predicted molar refractivity (Wildman–Crippen MR) is 66.5 cm³/mol. The lowest BCUT2D eigenvalue weighted by atomic mass is 10.2. The molecule has 0 saturated heterocycles. The highest BCUT2D eigenvalue weighted by molar-refractivity contribution is 9.08. The molecule has 0 aliphatic rings. The maximum Gasteiger partial charge on any atom is 0.411 e. The third-order valence-electron chi connectivity index (χ3n) is 1.92. The molecular weight excluding hydrogens is 336 g/mol. The number of hydrogen-bond acceptors (Lipinski definition) is 2. The molecule has 0 atom stereocenters. The first-order chi connectivity index (χ1) is 8.42. The van der Waals surface area contributed by atoms with Gasteiger partial charge >= 0.3 is 6.18 Å². The van der Waals surface area contributed by atoms with E-state index >= 15 is 0 Å². The largest absolute Gasteiger partial charge is 0.491 e. The predicted octanol–water partition coefficient (Wildman–Crippen LogP) is 4.19. The molecule has 0 unspecified atom stereocenters. The van der Waals surface area contributed by atoms with Crippen LogP contribution in [0.3, 0.4) is 0 Å². The quantitative estimate of drug-likeness (QED) is 0.567. The smallest absolute Gasteiger partial charge is 0.411 e. The number of halogens is 5. The number of ether oxygens (including phenoxy) is 2. The molecule has 18 heavy (non-hydrogen) atoms. The van der Waals surface area contributed by atoms with Crippen molar-refractivity contribution in [2.45, 2.75) is 11.5 Å². The standard InChI is InChI=1S/C11H11BrClF3O2/c12-6-8-5-9(13)1-2-10(8)18-4-3-17-7-11(14,15)16/h1-2,5H,3-4,6-7H2. The third kappa shape index (κ3) is 5.93. The minimum absolute atomic E-state index is 0.0533. The van der Waals surface area contributed by atoms with Gasteiger partial charge in [0, 0.05) is 15.9 Å². The fourth-order valence-electron chi connectivity index (χ4n) is 1.19. The summed E-state index contributed by atoms with van der Waals surface area (Å²) in [6, 6.07) is 5.05. The summed E-state index contributed by atoms with van der Waals surface area (Å²) in [5.74, 6) is 0.576. The molecule has 0 aliphatic carbocycles. The van der Waals surface area contributed by atoms with Crippen LogP contribution in [0.15, 0.2) is 18.2 Å². The van der Waals surface area contributed by atoms with E-state index in [1.165, 1.54) is 0 Å². The average molecular weight is 348 g/mol. The number of benzene rings is 1. The first-order valence-electron chi connectivity index (χ1n) is 5.04. The molecular formula is C11H11BrClF3O2. The SMILES string of the molecule is FC(F)(F)COCCOc1ccc(Cl)cc1CBr. The van der Waals surface area contributed by atoms with Crippen LogP contribution in [0.25, 0.3) is 0 Å². The van der Waals surface area contributed by atoms with Gasteiger partial charge in [-0.15, -0.1) is 0 Å². The highest BCUT2D eigenvalue weighted by Crippen LogP contribution is 2.25. The van der Waals surface area contributed by atoms with Gasteiger partial charge in [-0.3, -0.25) is 0 Å². The number of rotatable bonds is 6. The molecule has 1 aromatic rings. The lowest BCUT2D eigenvalue weighted by Crippen LogP contribution is -2.19. The molecule has 0 aliphatic heterocycles. The maximum atomic E-state index is 11.8. The number of alkyl halides is 4. The van der Waals surface area contributed by atoms with Crippen LogP contribution in [0.2, 0.25) is 5.02 Å². The molecule has 0 N–H and O–H groups in total. The highest BCUT2D eigenvalue weighted by Gasteiger charge is 2.27. The Morgan fingerprint density at radius 1 is 1.22 bits per heavy atom. The van der Waals surface area contributed by atoms with Crippen molar-refractivity contribution in [2.24, 2.45) is 0 Å². The lowest BCUT2D eigenvalue weighted by Gasteiger charge is -2.11. The summed E-state index contributed by atoms with van der Waals surface area (Å²) >= 11 is 9.08. The van der Waals surface area contributed by atoms with Gasteiger partial charge in [0.2, 0.25) is 0 Å². The van der Waals surface area contributed by atoms with E-state index in [1.807, 2.05) is 0 Å². The van der Waals surface area contributed by atoms with Crippen LogP contribution in [-0.2, 0) is 10.1 Å². The van der Waals surface area contributed by atoms with E-state index in [4.69, 9.17) is 16.3 Å². The maximum absolute atomic E-state index is 11.8. The average Bonchev–Trinajstić information content (AvgIpc) is 2.28. The van der Waals surface area contributed by atoms with Crippen LogP contribution in [0.5, 0.6) is 5.75 Å². The van der Waals surface area contributed by atoms with Crippen LogP contribution < -0.4 is 4.74 Å². The molecule has 7 heteroatoms. The van der Waals surface area contributed by atoms with Gasteiger partial charge in [-0.25, -0.2) is 0 Å². The van der Waals surface area contributed by atoms with Gasteiger partial charge in [0.15, 0.2) is 0 Å². The molecule has 0 radical (unpaired) electrons. The summed E-state index contributed by atoms with van der Waals surface area (Å²) < 4.78 is 45.1. The Labute approximate surface area is 116 Å². The Kier molecular flexibility index (Phi) is 6.25. The molecule has 0 spiro atoms. The van der Waals surface area contributed by atoms with E-state index in [0.717, 1.165) is 5.56 Å². The molecule has 1 rings (SSSR count). The third-order valence-corrected chi connectivity index (χ3v) is 2.76. The molecule has 0 heterocycles. The molecule has 1 aromatic carbocycles. The van der Waals surface area contributed by atoms with E-state index in [9.17, 15) is 13.2 Å². The summed E-state index contributed by atoms with van der Waals surface area (Å²) in [6.45, 7) is -1.33. The zero-order valence-corrected chi connectivity index (χ0v) is 11.6. The Morgan fingerprint density at radius 3 is 2.56 bits per heavy atom. The molecule has 0 amide bonds. The summed E-state index contributed by atoms with van der Waals surface area (Å²) in [5.41, 5.74) is 0.832. The van der Waals surface area contributed by atoms with E-state index in [0.29, 0.717) is 16.1 Å². The van der Waals surface area contributed by atoms with Crippen LogP contribution in [-0.4, -0.2) is 26.0 Å². The van der Waals surface area contributed by atoms with Crippen molar-refractivity contribution in [3.63, 3.8) is 0 Å². The van der Waals surface area contributed by atoms with Crippen molar-refractivity contribution in [1.29, 1.82) is 0 Å². The topological polar surface area (TPSA) is 18.5 Å². The van der Waals surface area contributed by atoms with Crippen molar-refractivity contribution < 1.29 is 22.6 Å². The van der Waals surface area contributed by atoms with Crippen LogP contribution >= 0.6 is 27.5 Å². The lowest BCUT2D eigenvalue weighted by molar-refractivity contribution is -0.175. The van der Waals surface area contributed by atoms with Crippen molar-refractivity contribution in [3.05, 3.63) is 28.8 Å². The Balaban J connectivity index is 2.35. The van der Waals surface area contributed by atoms with Gasteiger partial charge < -0.3 is 9.47 Å². The van der Waals surface area contributed by atoms with Crippen LogP contribution in [0, 0.1) is 0 Å². The van der Waals surface area contributed by atoms with Gasteiger partial charge in [0.05, 0.1) is 6.61 Å². The van der Waals surface area contributed by atoms with E-state index < -0.39 is 12.8 Å². The fraction of sp³-hybridized carbons (Fsp3) is 0.455. The van der Waals surface area contributed by atoms with Gasteiger partial charge in [-0.05, 0) is 18.2 Å². The summed E-state index contributed by atoms with van der Waals surface area (Å²) in [6.07, 6.45) is -4.30. The number of hydrogen-bond donors (Lipinski definition) is 0. The summed E-state index contributed by atoms with van der Waals surface area (Å²) in [7, 11) is 0. The second-order valence-corrected chi connectivity index (χ2v) is 4.40. The first kappa shape index (κ1) is 15.6. The van der Waals surface area contributed by atoms with E-state index in [1.54, 1.807) is 18.2 Å². The minimum Gasteiger partial charge on any atom is -0.491 e. The zero-order valence-electron chi connectivity index (χ0n) is 9.27. The molecule has 0 saturated carbocycles. The van der Waals surface area contributed by atoms with Gasteiger partial charge in [-0.1, -0.05) is 27.5 Å². The van der Waals surface area contributed by atoms with Crippen LogP contribution in [0.4, 0.5) is 13.2 Å². The molecule has 102 valence electrons. The van der Waals surface area contributed by atoms with E-state index in [2.05, 4.69) is 20.7 Å². The first-order valence-corrected chi connectivity index (χ1v) is 6.54. The molecule has 0 aromatic heterocycles. The monoisotopic (exact) mass is 346 g/mol. The molecule has 0 bridgehead atoms. The Bertz CT molecular complexity index is 385. The summed E-state index contributed by atoms with van der Waals surface area (Å²) in [4.78, 5) is 0. The van der Waals surface area contributed by atoms with Crippen molar-refractivity contribution >= 4 is 27.5 Å². The minimum atomic E-state index is -4.30. The normalized spacial score (nSPS) is 11.6. The zero-order chi connectivity index (χ0) is 13.6. The Hall–Kier alpha value is -0.460. The summed E-state index contributed by atoms with van der Waals surface area (Å²) in [5, 5.41) is 1.12. The van der Waals surface area contributed by atoms with E-state index in [-0.39, 0.29) is 13.2 Å². The van der Waals surface area contributed by atoms with Crippen LogP contribution in [0.1, 0.15) is 5.56 Å². The second kappa shape index (κ2) is 7.21. The van der Waals surface area contributed by atoms with Crippen molar-refractivity contribution in [2.75, 3.05) is 19.8 Å². The van der Waals surface area contributed by atoms with Gasteiger partial charge in [0.1, 0.15) is 19.0 Å².